The lowest BCUT2D eigenvalue weighted by Gasteiger charge is -2.18. The molecular weight excluding hydrogens is 200 g/mol. The molecule has 0 saturated heterocycles. The smallest absolute Gasteiger partial charge is 0.0991 e. The molecule has 0 aliphatic rings. The Morgan fingerprint density at radius 1 is 1.31 bits per heavy atom. The standard InChI is InChI=1S/C13H14N2O/c1-9(10(2)16)15-6-5-12-7-11(8-14)3-4-13(12)15/h3-7,9-10,16H,1-2H3. The average molecular weight is 214 g/mol. The second kappa shape index (κ2) is 3.99. The summed E-state index contributed by atoms with van der Waals surface area (Å²) >= 11 is 0. The van der Waals surface area contributed by atoms with E-state index in [1.54, 1.807) is 13.0 Å². The van der Waals surface area contributed by atoms with Crippen LogP contribution in [0.25, 0.3) is 10.9 Å². The number of fused-ring (bicyclic) bond motifs is 1. The van der Waals surface area contributed by atoms with Crippen molar-refractivity contribution >= 4 is 10.9 Å². The summed E-state index contributed by atoms with van der Waals surface area (Å²) < 4.78 is 2.03. The van der Waals surface area contributed by atoms with Crippen LogP contribution >= 0.6 is 0 Å². The molecule has 1 aromatic heterocycles. The molecule has 0 fully saturated rings. The minimum Gasteiger partial charge on any atom is -0.391 e. The highest BCUT2D eigenvalue weighted by atomic mass is 16.3. The molecule has 2 atom stereocenters. The van der Waals surface area contributed by atoms with E-state index >= 15 is 0 Å². The lowest BCUT2D eigenvalue weighted by molar-refractivity contribution is 0.141. The van der Waals surface area contributed by atoms with Gasteiger partial charge in [-0.25, -0.2) is 0 Å². The summed E-state index contributed by atoms with van der Waals surface area (Å²) in [6, 6.07) is 9.71. The Bertz CT molecular complexity index is 549. The maximum absolute atomic E-state index is 9.58. The zero-order valence-corrected chi connectivity index (χ0v) is 9.38. The van der Waals surface area contributed by atoms with Gasteiger partial charge in [0.2, 0.25) is 0 Å². The third-order valence-electron chi connectivity index (χ3n) is 2.99. The van der Waals surface area contributed by atoms with Gasteiger partial charge in [-0.2, -0.15) is 5.26 Å². The van der Waals surface area contributed by atoms with Crippen LogP contribution in [0.15, 0.2) is 30.5 Å². The van der Waals surface area contributed by atoms with Gasteiger partial charge in [0.05, 0.1) is 23.8 Å². The van der Waals surface area contributed by atoms with Gasteiger partial charge in [0, 0.05) is 17.1 Å². The number of hydrogen-bond donors (Lipinski definition) is 1. The van der Waals surface area contributed by atoms with Crippen LogP contribution in [0.1, 0.15) is 25.5 Å². The third kappa shape index (κ3) is 1.68. The zero-order valence-electron chi connectivity index (χ0n) is 9.38. The number of nitriles is 1. The van der Waals surface area contributed by atoms with Crippen molar-refractivity contribution in [1.29, 1.82) is 5.26 Å². The van der Waals surface area contributed by atoms with Crippen molar-refractivity contribution in [2.45, 2.75) is 26.0 Å². The molecule has 0 aliphatic carbocycles. The van der Waals surface area contributed by atoms with E-state index in [0.717, 1.165) is 10.9 Å². The maximum atomic E-state index is 9.58. The van der Waals surface area contributed by atoms with Crippen LogP contribution in [-0.4, -0.2) is 15.8 Å². The van der Waals surface area contributed by atoms with E-state index in [-0.39, 0.29) is 6.04 Å². The lowest BCUT2D eigenvalue weighted by Crippen LogP contribution is -2.17. The summed E-state index contributed by atoms with van der Waals surface area (Å²) in [5.74, 6) is 0. The number of aliphatic hydroxyl groups is 1. The molecule has 3 nitrogen and oxygen atoms in total. The molecule has 1 heterocycles. The number of aromatic nitrogens is 1. The van der Waals surface area contributed by atoms with E-state index in [1.165, 1.54) is 0 Å². The molecular formula is C13H14N2O. The fourth-order valence-corrected chi connectivity index (χ4v) is 1.82. The summed E-state index contributed by atoms with van der Waals surface area (Å²) in [4.78, 5) is 0. The van der Waals surface area contributed by atoms with Gasteiger partial charge < -0.3 is 9.67 Å². The molecule has 2 unspecified atom stereocenters. The molecule has 3 heteroatoms. The van der Waals surface area contributed by atoms with Crippen molar-refractivity contribution in [2.24, 2.45) is 0 Å². The first-order valence-electron chi connectivity index (χ1n) is 5.32. The average Bonchev–Trinajstić information content (AvgIpc) is 2.70. The van der Waals surface area contributed by atoms with Gasteiger partial charge in [-0.05, 0) is 38.1 Å². The molecule has 0 amide bonds. The van der Waals surface area contributed by atoms with Crippen LogP contribution in [0.4, 0.5) is 0 Å². The summed E-state index contributed by atoms with van der Waals surface area (Å²) in [5, 5.41) is 19.4. The van der Waals surface area contributed by atoms with Gasteiger partial charge in [-0.3, -0.25) is 0 Å². The maximum Gasteiger partial charge on any atom is 0.0991 e. The van der Waals surface area contributed by atoms with E-state index in [9.17, 15) is 5.11 Å². The van der Waals surface area contributed by atoms with E-state index in [2.05, 4.69) is 6.07 Å². The number of nitrogens with zero attached hydrogens (tertiary/aromatic N) is 2. The topological polar surface area (TPSA) is 49.0 Å². The quantitative estimate of drug-likeness (QED) is 0.834. The largest absolute Gasteiger partial charge is 0.391 e. The van der Waals surface area contributed by atoms with Crippen LogP contribution in [0.2, 0.25) is 0 Å². The van der Waals surface area contributed by atoms with Gasteiger partial charge in [0.1, 0.15) is 0 Å². The summed E-state index contributed by atoms with van der Waals surface area (Å²) in [7, 11) is 0. The molecule has 0 saturated carbocycles. The summed E-state index contributed by atoms with van der Waals surface area (Å²) in [6.07, 6.45) is 1.55. The number of hydrogen-bond acceptors (Lipinski definition) is 2. The van der Waals surface area contributed by atoms with Crippen LogP contribution < -0.4 is 0 Å². The first-order chi connectivity index (χ1) is 7.63. The Morgan fingerprint density at radius 2 is 2.06 bits per heavy atom. The monoisotopic (exact) mass is 214 g/mol. The van der Waals surface area contributed by atoms with E-state index in [0.29, 0.717) is 5.56 Å². The second-order valence-corrected chi connectivity index (χ2v) is 4.09. The van der Waals surface area contributed by atoms with Crippen LogP contribution in [0.3, 0.4) is 0 Å². The highest BCUT2D eigenvalue weighted by Crippen LogP contribution is 2.22. The van der Waals surface area contributed by atoms with Gasteiger partial charge in [0.15, 0.2) is 0 Å². The van der Waals surface area contributed by atoms with Crippen LogP contribution in [0.5, 0.6) is 0 Å². The number of benzene rings is 1. The first-order valence-corrected chi connectivity index (χ1v) is 5.32. The SMILES string of the molecule is CC(O)C(C)n1ccc2cc(C#N)ccc21. The molecule has 0 radical (unpaired) electrons. The molecule has 0 spiro atoms. The van der Waals surface area contributed by atoms with Crippen molar-refractivity contribution in [3.05, 3.63) is 36.0 Å². The first kappa shape index (κ1) is 10.7. The fourth-order valence-electron chi connectivity index (χ4n) is 1.82. The van der Waals surface area contributed by atoms with E-state index in [1.807, 2.05) is 35.9 Å². The Hall–Kier alpha value is -1.79. The fraction of sp³-hybridized carbons (Fsp3) is 0.308. The highest BCUT2D eigenvalue weighted by Gasteiger charge is 2.12. The minimum atomic E-state index is -0.397. The Kier molecular flexibility index (Phi) is 2.67. The zero-order chi connectivity index (χ0) is 11.7. The Morgan fingerprint density at radius 3 is 2.69 bits per heavy atom. The van der Waals surface area contributed by atoms with Gasteiger partial charge in [0.25, 0.3) is 0 Å². The van der Waals surface area contributed by atoms with Crippen molar-refractivity contribution in [3.63, 3.8) is 0 Å². The van der Waals surface area contributed by atoms with E-state index in [4.69, 9.17) is 5.26 Å². The number of rotatable bonds is 2. The van der Waals surface area contributed by atoms with Crippen molar-refractivity contribution < 1.29 is 5.11 Å². The van der Waals surface area contributed by atoms with Crippen molar-refractivity contribution in [2.75, 3.05) is 0 Å². The molecule has 2 rings (SSSR count). The predicted molar refractivity (Wildman–Crippen MR) is 63.0 cm³/mol. The van der Waals surface area contributed by atoms with Gasteiger partial charge in [-0.15, -0.1) is 0 Å². The van der Waals surface area contributed by atoms with Crippen molar-refractivity contribution in [1.82, 2.24) is 4.57 Å². The molecule has 1 aromatic carbocycles. The second-order valence-electron chi connectivity index (χ2n) is 4.09. The number of aliphatic hydroxyl groups excluding tert-OH is 1. The van der Waals surface area contributed by atoms with Gasteiger partial charge in [-0.1, -0.05) is 0 Å². The normalized spacial score (nSPS) is 14.6. The highest BCUT2D eigenvalue weighted by molar-refractivity contribution is 5.81. The Balaban J connectivity index is 2.54. The molecule has 16 heavy (non-hydrogen) atoms. The van der Waals surface area contributed by atoms with E-state index < -0.39 is 6.10 Å². The lowest BCUT2D eigenvalue weighted by atomic mass is 10.1. The molecule has 0 bridgehead atoms. The van der Waals surface area contributed by atoms with Crippen LogP contribution in [-0.2, 0) is 0 Å². The molecule has 82 valence electrons. The third-order valence-corrected chi connectivity index (χ3v) is 2.99. The Labute approximate surface area is 94.5 Å². The summed E-state index contributed by atoms with van der Waals surface area (Å²) in [5.41, 5.74) is 1.71. The molecule has 0 aliphatic heterocycles. The molecule has 1 N–H and O–H groups in total. The summed E-state index contributed by atoms with van der Waals surface area (Å²) in [6.45, 7) is 3.75. The predicted octanol–water partition coefficient (Wildman–Crippen LogP) is 2.45. The minimum absolute atomic E-state index is 0.0328. The molecule has 2 aromatic rings. The van der Waals surface area contributed by atoms with Crippen molar-refractivity contribution in [3.8, 4) is 6.07 Å². The van der Waals surface area contributed by atoms with Crippen LogP contribution in [0, 0.1) is 11.3 Å². The van der Waals surface area contributed by atoms with Gasteiger partial charge >= 0.3 is 0 Å².